The predicted octanol–water partition coefficient (Wildman–Crippen LogP) is 2.64. The molecular formula is C16H17N3O3. The van der Waals surface area contributed by atoms with Gasteiger partial charge in [0.1, 0.15) is 0 Å². The van der Waals surface area contributed by atoms with E-state index in [1.54, 1.807) is 13.1 Å². The lowest BCUT2D eigenvalue weighted by atomic mass is 9.80. The number of nitrogens with zero attached hydrogens (tertiary/aromatic N) is 2. The maximum absolute atomic E-state index is 12.3. The highest BCUT2D eigenvalue weighted by molar-refractivity contribution is 6.07. The number of aromatic carboxylic acids is 1. The van der Waals surface area contributed by atoms with Gasteiger partial charge in [-0.3, -0.25) is 9.48 Å². The topological polar surface area (TPSA) is 84.2 Å². The zero-order valence-electron chi connectivity index (χ0n) is 12.2. The highest BCUT2D eigenvalue weighted by atomic mass is 16.4. The van der Waals surface area contributed by atoms with Crippen LogP contribution in [0.25, 0.3) is 0 Å². The number of aromatic nitrogens is 2. The van der Waals surface area contributed by atoms with Crippen LogP contribution < -0.4 is 5.32 Å². The second-order valence-electron chi connectivity index (χ2n) is 5.58. The van der Waals surface area contributed by atoms with Gasteiger partial charge in [-0.05, 0) is 36.5 Å². The lowest BCUT2D eigenvalue weighted by molar-refractivity contribution is 0.0690. The van der Waals surface area contributed by atoms with E-state index in [0.29, 0.717) is 11.5 Å². The van der Waals surface area contributed by atoms with E-state index >= 15 is 0 Å². The van der Waals surface area contributed by atoms with E-state index in [2.05, 4.69) is 10.4 Å². The molecule has 0 unspecified atom stereocenters. The largest absolute Gasteiger partial charge is 0.476 e. The molecule has 6 nitrogen and oxygen atoms in total. The number of nitrogens with one attached hydrogen (secondary N) is 1. The third-order valence-electron chi connectivity index (χ3n) is 4.00. The Hall–Kier alpha value is -2.63. The minimum Gasteiger partial charge on any atom is -0.476 e. The molecule has 1 saturated carbocycles. The molecule has 2 N–H and O–H groups in total. The number of carbonyl (C=O) groups is 2. The molecule has 1 aliphatic rings. The lowest BCUT2D eigenvalue weighted by Crippen LogP contribution is -2.15. The Labute approximate surface area is 127 Å². The molecular weight excluding hydrogens is 282 g/mol. The monoisotopic (exact) mass is 299 g/mol. The first-order chi connectivity index (χ1) is 10.5. The van der Waals surface area contributed by atoms with Crippen LogP contribution in [0.1, 0.15) is 51.6 Å². The number of hydrogen-bond donors (Lipinski definition) is 2. The van der Waals surface area contributed by atoms with E-state index in [4.69, 9.17) is 5.11 Å². The van der Waals surface area contributed by atoms with E-state index in [-0.39, 0.29) is 17.3 Å². The number of anilines is 1. The van der Waals surface area contributed by atoms with Crippen molar-refractivity contribution in [1.82, 2.24) is 9.78 Å². The Bertz CT molecular complexity index is 732. The van der Waals surface area contributed by atoms with Crippen LogP contribution in [-0.2, 0) is 7.05 Å². The van der Waals surface area contributed by atoms with E-state index < -0.39 is 5.97 Å². The first-order valence-electron chi connectivity index (χ1n) is 7.23. The molecule has 1 aliphatic carbocycles. The van der Waals surface area contributed by atoms with Gasteiger partial charge in [-0.1, -0.05) is 18.6 Å². The second-order valence-corrected chi connectivity index (χ2v) is 5.58. The molecule has 0 atom stereocenters. The molecule has 2 aromatic rings. The summed E-state index contributed by atoms with van der Waals surface area (Å²) in [5.41, 5.74) is 1.74. The number of amides is 1. The lowest BCUT2D eigenvalue weighted by Gasteiger charge is -2.26. The first-order valence-corrected chi connectivity index (χ1v) is 7.23. The van der Waals surface area contributed by atoms with Gasteiger partial charge in [-0.25, -0.2) is 4.79 Å². The van der Waals surface area contributed by atoms with Gasteiger partial charge in [0.05, 0.1) is 5.69 Å². The molecule has 3 rings (SSSR count). The molecule has 1 aromatic carbocycles. The smallest absolute Gasteiger partial charge is 0.358 e. The molecule has 0 saturated heterocycles. The summed E-state index contributed by atoms with van der Waals surface area (Å²) in [7, 11) is 1.61. The van der Waals surface area contributed by atoms with Crippen molar-refractivity contribution in [2.24, 2.45) is 7.05 Å². The normalized spacial score (nSPS) is 14.4. The average Bonchev–Trinajstić information content (AvgIpc) is 2.78. The Morgan fingerprint density at radius 1 is 1.36 bits per heavy atom. The quantitative estimate of drug-likeness (QED) is 0.909. The van der Waals surface area contributed by atoms with Crippen molar-refractivity contribution in [3.63, 3.8) is 0 Å². The van der Waals surface area contributed by atoms with Crippen molar-refractivity contribution < 1.29 is 14.7 Å². The number of rotatable bonds is 4. The average molecular weight is 299 g/mol. The fraction of sp³-hybridized carbons (Fsp3) is 0.312. The van der Waals surface area contributed by atoms with Crippen LogP contribution in [-0.4, -0.2) is 26.8 Å². The molecule has 1 amide bonds. The van der Waals surface area contributed by atoms with Gasteiger partial charge in [0.25, 0.3) is 5.91 Å². The van der Waals surface area contributed by atoms with Crippen LogP contribution in [0.15, 0.2) is 30.5 Å². The Morgan fingerprint density at radius 3 is 2.77 bits per heavy atom. The summed E-state index contributed by atoms with van der Waals surface area (Å²) in [6, 6.07) is 7.52. The summed E-state index contributed by atoms with van der Waals surface area (Å²) in [6.07, 6.45) is 5.05. The zero-order chi connectivity index (χ0) is 15.7. The molecule has 0 spiro atoms. The van der Waals surface area contributed by atoms with Gasteiger partial charge in [0.15, 0.2) is 5.69 Å². The Kier molecular flexibility index (Phi) is 3.66. The van der Waals surface area contributed by atoms with Crippen LogP contribution in [0.3, 0.4) is 0 Å². The van der Waals surface area contributed by atoms with Crippen LogP contribution in [0, 0.1) is 0 Å². The van der Waals surface area contributed by atoms with Crippen molar-refractivity contribution in [3.05, 3.63) is 47.3 Å². The minimum atomic E-state index is -1.17. The van der Waals surface area contributed by atoms with Gasteiger partial charge in [-0.15, -0.1) is 0 Å². The highest BCUT2D eigenvalue weighted by Crippen LogP contribution is 2.36. The molecule has 114 valence electrons. The number of benzene rings is 1. The molecule has 6 heteroatoms. The predicted molar refractivity (Wildman–Crippen MR) is 81.2 cm³/mol. The molecule has 0 aliphatic heterocycles. The number of carboxylic acid groups (broad SMARTS) is 1. The van der Waals surface area contributed by atoms with Crippen molar-refractivity contribution in [3.8, 4) is 0 Å². The summed E-state index contributed by atoms with van der Waals surface area (Å²) in [5.74, 6) is -0.948. The van der Waals surface area contributed by atoms with Crippen LogP contribution in [0.2, 0.25) is 0 Å². The number of aryl methyl sites for hydroxylation is 1. The van der Waals surface area contributed by atoms with Crippen molar-refractivity contribution >= 4 is 17.6 Å². The summed E-state index contributed by atoms with van der Waals surface area (Å²) in [4.78, 5) is 23.5. The maximum Gasteiger partial charge on any atom is 0.358 e. The van der Waals surface area contributed by atoms with Gasteiger partial charge in [-0.2, -0.15) is 5.10 Å². The highest BCUT2D eigenvalue weighted by Gasteiger charge is 2.21. The zero-order valence-corrected chi connectivity index (χ0v) is 12.2. The molecule has 0 radical (unpaired) electrons. The molecule has 1 aromatic heterocycles. The van der Waals surface area contributed by atoms with E-state index in [0.717, 1.165) is 12.8 Å². The Morgan fingerprint density at radius 2 is 2.14 bits per heavy atom. The third kappa shape index (κ3) is 2.72. The molecule has 1 fully saturated rings. The van der Waals surface area contributed by atoms with Crippen LogP contribution >= 0.6 is 0 Å². The van der Waals surface area contributed by atoms with E-state index in [1.165, 1.54) is 22.9 Å². The van der Waals surface area contributed by atoms with Crippen LogP contribution in [0.4, 0.5) is 5.69 Å². The molecule has 22 heavy (non-hydrogen) atoms. The van der Waals surface area contributed by atoms with E-state index in [1.807, 2.05) is 18.2 Å². The first kappa shape index (κ1) is 14.3. The molecule has 0 bridgehead atoms. The van der Waals surface area contributed by atoms with Crippen molar-refractivity contribution in [1.29, 1.82) is 0 Å². The van der Waals surface area contributed by atoms with Gasteiger partial charge in [0.2, 0.25) is 0 Å². The number of carbonyl (C=O) groups excluding carboxylic acids is 1. The van der Waals surface area contributed by atoms with E-state index in [9.17, 15) is 9.59 Å². The summed E-state index contributed by atoms with van der Waals surface area (Å²) in [5, 5.41) is 15.5. The summed E-state index contributed by atoms with van der Waals surface area (Å²) < 4.78 is 1.36. The van der Waals surface area contributed by atoms with Crippen molar-refractivity contribution in [2.45, 2.75) is 25.2 Å². The van der Waals surface area contributed by atoms with Crippen molar-refractivity contribution in [2.75, 3.05) is 5.32 Å². The Balaban J connectivity index is 1.81. The van der Waals surface area contributed by atoms with Crippen LogP contribution in [0.5, 0.6) is 0 Å². The van der Waals surface area contributed by atoms with Gasteiger partial charge >= 0.3 is 5.97 Å². The SMILES string of the molecule is Cn1cc(NC(=O)c2cccc(C3CCC3)c2)c(C(=O)O)n1. The minimum absolute atomic E-state index is 0.161. The van der Waals surface area contributed by atoms with Gasteiger partial charge < -0.3 is 10.4 Å². The molecule has 1 heterocycles. The van der Waals surface area contributed by atoms with Gasteiger partial charge in [0, 0.05) is 18.8 Å². The second kappa shape index (κ2) is 5.63. The number of carboxylic acids is 1. The fourth-order valence-corrected chi connectivity index (χ4v) is 2.61. The summed E-state index contributed by atoms with van der Waals surface area (Å²) >= 11 is 0. The summed E-state index contributed by atoms with van der Waals surface area (Å²) in [6.45, 7) is 0. The maximum atomic E-state index is 12.3. The third-order valence-corrected chi connectivity index (χ3v) is 4.00. The fourth-order valence-electron chi connectivity index (χ4n) is 2.61. The number of hydrogen-bond acceptors (Lipinski definition) is 3. The standard InChI is InChI=1S/C16H17N3O3/c1-19-9-13(14(18-19)16(21)22)17-15(20)12-7-3-6-11(8-12)10-4-2-5-10/h3,6-10H,2,4-5H2,1H3,(H,17,20)(H,21,22).